The number of alkyl halides is 3. The molecule has 0 N–H and O–H groups in total. The molecule has 0 bridgehead atoms. The van der Waals surface area contributed by atoms with Crippen LogP contribution in [-0.4, -0.2) is 17.9 Å². The Kier molecular flexibility index (Phi) is 2.94. The average molecular weight is 308 g/mol. The molecule has 3 nitrogen and oxygen atoms in total. The van der Waals surface area contributed by atoms with Gasteiger partial charge < -0.3 is 4.74 Å². The van der Waals surface area contributed by atoms with Crippen molar-refractivity contribution >= 4 is 27.4 Å². The molecule has 7 heteroatoms. The number of ether oxygens (including phenoxy) is 1. The van der Waals surface area contributed by atoms with Crippen molar-refractivity contribution in [2.45, 2.75) is 6.36 Å². The SMILES string of the molecule is O=C1C(Br)=CN=C2C=CC(OC(F)(F)F)=CC12. The number of carbonyl (C=O) groups excluding carboxylic acids is 1. The largest absolute Gasteiger partial charge is 0.573 e. The molecule has 1 aliphatic heterocycles. The van der Waals surface area contributed by atoms with Crippen LogP contribution >= 0.6 is 15.9 Å². The molecule has 0 aromatic heterocycles. The number of hydrogen-bond acceptors (Lipinski definition) is 3. The van der Waals surface area contributed by atoms with Crippen molar-refractivity contribution in [3.63, 3.8) is 0 Å². The van der Waals surface area contributed by atoms with Crippen molar-refractivity contribution < 1.29 is 22.7 Å². The lowest BCUT2D eigenvalue weighted by molar-refractivity contribution is -0.303. The van der Waals surface area contributed by atoms with Crippen molar-refractivity contribution in [3.05, 3.63) is 34.7 Å². The maximum absolute atomic E-state index is 12.0. The summed E-state index contributed by atoms with van der Waals surface area (Å²) >= 11 is 2.99. The number of allylic oxidation sites excluding steroid dienone is 4. The Labute approximate surface area is 102 Å². The van der Waals surface area contributed by atoms with Crippen LogP contribution in [0.1, 0.15) is 0 Å². The van der Waals surface area contributed by atoms with Crippen molar-refractivity contribution in [2.24, 2.45) is 10.9 Å². The molecule has 90 valence electrons. The lowest BCUT2D eigenvalue weighted by Gasteiger charge is -2.20. The van der Waals surface area contributed by atoms with Gasteiger partial charge in [0.25, 0.3) is 0 Å². The fraction of sp³-hybridized carbons (Fsp3) is 0.200. The predicted molar refractivity (Wildman–Crippen MR) is 57.3 cm³/mol. The molecule has 0 saturated carbocycles. The summed E-state index contributed by atoms with van der Waals surface area (Å²) in [5.41, 5.74) is 0.396. The van der Waals surface area contributed by atoms with Gasteiger partial charge in [0.2, 0.25) is 0 Å². The number of halogens is 4. The number of nitrogens with zero attached hydrogens (tertiary/aromatic N) is 1. The summed E-state index contributed by atoms with van der Waals surface area (Å²) in [4.78, 5) is 15.6. The van der Waals surface area contributed by atoms with Gasteiger partial charge in [0, 0.05) is 6.20 Å². The lowest BCUT2D eigenvalue weighted by atomic mass is 9.91. The molecule has 17 heavy (non-hydrogen) atoms. The van der Waals surface area contributed by atoms with Gasteiger partial charge in [-0.15, -0.1) is 13.2 Å². The summed E-state index contributed by atoms with van der Waals surface area (Å²) < 4.78 is 40.0. The third kappa shape index (κ3) is 2.66. The van der Waals surface area contributed by atoms with Gasteiger partial charge in [-0.1, -0.05) is 0 Å². The highest BCUT2D eigenvalue weighted by atomic mass is 79.9. The Balaban J connectivity index is 2.26. The van der Waals surface area contributed by atoms with Crippen molar-refractivity contribution in [1.29, 1.82) is 0 Å². The minimum atomic E-state index is -4.77. The molecule has 1 unspecified atom stereocenters. The maximum Gasteiger partial charge on any atom is 0.573 e. The van der Waals surface area contributed by atoms with Crippen LogP contribution in [0.25, 0.3) is 0 Å². The van der Waals surface area contributed by atoms with Gasteiger partial charge in [0.1, 0.15) is 5.76 Å². The van der Waals surface area contributed by atoms with Crippen molar-refractivity contribution in [2.75, 3.05) is 0 Å². The van der Waals surface area contributed by atoms with E-state index in [4.69, 9.17) is 0 Å². The average Bonchev–Trinajstić information content (AvgIpc) is 2.22. The maximum atomic E-state index is 12.0. The Morgan fingerprint density at radius 2 is 2.06 bits per heavy atom. The number of aliphatic imine (C=N–C) groups is 1. The van der Waals surface area contributed by atoms with Crippen LogP contribution in [0.2, 0.25) is 0 Å². The van der Waals surface area contributed by atoms with Crippen LogP contribution in [0.4, 0.5) is 13.2 Å². The topological polar surface area (TPSA) is 38.7 Å². The highest BCUT2D eigenvalue weighted by Crippen LogP contribution is 2.29. The van der Waals surface area contributed by atoms with Crippen molar-refractivity contribution in [1.82, 2.24) is 0 Å². The normalized spacial score (nSPS) is 23.6. The minimum absolute atomic E-state index is 0.226. The number of rotatable bonds is 1. The van der Waals surface area contributed by atoms with E-state index in [1.165, 1.54) is 12.3 Å². The van der Waals surface area contributed by atoms with Gasteiger partial charge in [-0.2, -0.15) is 0 Å². The first-order valence-corrected chi connectivity index (χ1v) is 5.29. The van der Waals surface area contributed by atoms with Gasteiger partial charge in [-0.25, -0.2) is 0 Å². The number of hydrogen-bond donors (Lipinski definition) is 0. The summed E-state index contributed by atoms with van der Waals surface area (Å²) in [6.45, 7) is 0. The van der Waals surface area contributed by atoms with Gasteiger partial charge in [-0.3, -0.25) is 9.79 Å². The first-order chi connectivity index (χ1) is 7.87. The predicted octanol–water partition coefficient (Wildman–Crippen LogP) is 2.85. The third-order valence-electron chi connectivity index (χ3n) is 2.15. The molecule has 0 radical (unpaired) electrons. The zero-order valence-electron chi connectivity index (χ0n) is 8.16. The van der Waals surface area contributed by atoms with E-state index >= 15 is 0 Å². The van der Waals surface area contributed by atoms with E-state index in [1.807, 2.05) is 0 Å². The van der Waals surface area contributed by atoms with Crippen molar-refractivity contribution in [3.8, 4) is 0 Å². The molecule has 0 spiro atoms. The monoisotopic (exact) mass is 307 g/mol. The van der Waals surface area contributed by atoms with Crippen LogP contribution in [0.15, 0.2) is 39.7 Å². The van der Waals surface area contributed by atoms with Crippen LogP contribution in [0.3, 0.4) is 0 Å². The Morgan fingerprint density at radius 1 is 1.35 bits per heavy atom. The molecule has 2 rings (SSSR count). The van der Waals surface area contributed by atoms with Gasteiger partial charge in [0.15, 0.2) is 5.78 Å². The second-order valence-electron chi connectivity index (χ2n) is 3.32. The quantitative estimate of drug-likeness (QED) is 0.747. The van der Waals surface area contributed by atoms with Gasteiger partial charge in [0.05, 0.1) is 16.1 Å². The molecule has 0 amide bonds. The molecular weight excluding hydrogens is 303 g/mol. The Bertz CT molecular complexity index is 488. The first-order valence-electron chi connectivity index (χ1n) is 4.50. The summed E-state index contributed by atoms with van der Waals surface area (Å²) in [5.74, 6) is -1.57. The second-order valence-corrected chi connectivity index (χ2v) is 4.18. The zero-order valence-corrected chi connectivity index (χ0v) is 9.75. The standard InChI is InChI=1S/C10H5BrF3NO2/c11-7-4-15-8-2-1-5(17-10(12,13)14)3-6(8)9(7)16/h1-4,6H. The van der Waals surface area contributed by atoms with E-state index in [9.17, 15) is 18.0 Å². The lowest BCUT2D eigenvalue weighted by Crippen LogP contribution is -2.27. The molecule has 1 heterocycles. The van der Waals surface area contributed by atoms with E-state index in [2.05, 4.69) is 25.7 Å². The molecule has 1 atom stereocenters. The fourth-order valence-corrected chi connectivity index (χ4v) is 1.80. The summed E-state index contributed by atoms with van der Waals surface area (Å²) in [6, 6.07) is 0. The van der Waals surface area contributed by atoms with Gasteiger partial charge in [-0.05, 0) is 34.2 Å². The number of ketones is 1. The molecule has 0 saturated heterocycles. The molecule has 2 aliphatic rings. The Hall–Kier alpha value is -1.37. The second kappa shape index (κ2) is 4.14. The van der Waals surface area contributed by atoms with E-state index in [0.29, 0.717) is 5.71 Å². The molecule has 1 aliphatic carbocycles. The van der Waals surface area contributed by atoms with E-state index in [-0.39, 0.29) is 10.3 Å². The smallest absolute Gasteiger partial charge is 0.406 e. The minimum Gasteiger partial charge on any atom is -0.406 e. The first kappa shape index (κ1) is 12.1. The number of fused-ring (bicyclic) bond motifs is 1. The van der Waals surface area contributed by atoms with E-state index < -0.39 is 18.0 Å². The van der Waals surface area contributed by atoms with Crippen LogP contribution in [0, 0.1) is 5.92 Å². The molecule has 0 fully saturated rings. The Morgan fingerprint density at radius 3 is 2.71 bits per heavy atom. The molecule has 0 aromatic carbocycles. The summed E-state index contributed by atoms with van der Waals surface area (Å²) in [7, 11) is 0. The zero-order chi connectivity index (χ0) is 12.6. The third-order valence-corrected chi connectivity index (χ3v) is 2.74. The summed E-state index contributed by atoms with van der Waals surface area (Å²) in [6.07, 6.45) is 0.114. The molecule has 0 aromatic rings. The number of carbonyl (C=O) groups is 1. The van der Waals surface area contributed by atoms with Crippen LogP contribution in [-0.2, 0) is 9.53 Å². The number of Topliss-reactive ketones (excluding diaryl/α,β-unsaturated/α-hetero) is 1. The molecular formula is C10H5BrF3NO2. The van der Waals surface area contributed by atoms with E-state index in [1.54, 1.807) is 0 Å². The van der Waals surface area contributed by atoms with Crippen LogP contribution in [0.5, 0.6) is 0 Å². The highest BCUT2D eigenvalue weighted by Gasteiger charge is 2.34. The van der Waals surface area contributed by atoms with Crippen LogP contribution < -0.4 is 0 Å². The summed E-state index contributed by atoms with van der Waals surface area (Å²) in [5, 5.41) is 0. The highest BCUT2D eigenvalue weighted by molar-refractivity contribution is 9.12. The van der Waals surface area contributed by atoms with E-state index in [0.717, 1.165) is 12.2 Å². The fourth-order valence-electron chi connectivity index (χ4n) is 1.45. The van der Waals surface area contributed by atoms with Gasteiger partial charge >= 0.3 is 6.36 Å².